The maximum Gasteiger partial charge on any atom is 0.243 e. The number of hydrogen-bond donors (Lipinski definition) is 1. The van der Waals surface area contributed by atoms with Gasteiger partial charge in [0.05, 0.1) is 10.8 Å². The first-order valence-electron chi connectivity index (χ1n) is 8.44. The Hall–Kier alpha value is -1.15. The number of halogens is 1. The van der Waals surface area contributed by atoms with Crippen LogP contribution in [0, 0.1) is 5.92 Å². The van der Waals surface area contributed by atoms with Crippen molar-refractivity contribution in [2.45, 2.75) is 45.1 Å². The Bertz CT molecular complexity index is 718. The number of carbonyl (C=O) groups is 1. The lowest BCUT2D eigenvalue weighted by Crippen LogP contribution is -2.41. The molecular weight excluding hydrogens is 362 g/mol. The van der Waals surface area contributed by atoms with Crippen LogP contribution in [0.3, 0.4) is 0 Å². The van der Waals surface area contributed by atoms with E-state index in [1.54, 1.807) is 23.1 Å². The summed E-state index contributed by atoms with van der Waals surface area (Å²) in [6.07, 6.45) is 0.661. The lowest BCUT2D eigenvalue weighted by Gasteiger charge is -2.24. The van der Waals surface area contributed by atoms with E-state index in [9.17, 15) is 13.2 Å². The molecule has 1 amide bonds. The molecule has 1 heterocycles. The van der Waals surface area contributed by atoms with Crippen LogP contribution in [0.1, 0.15) is 33.3 Å². The van der Waals surface area contributed by atoms with E-state index in [0.717, 1.165) is 11.3 Å². The van der Waals surface area contributed by atoms with Crippen LogP contribution in [-0.2, 0) is 21.2 Å². The predicted octanol–water partition coefficient (Wildman–Crippen LogP) is 2.01. The quantitative estimate of drug-likeness (QED) is 0.806. The van der Waals surface area contributed by atoms with Crippen molar-refractivity contribution < 1.29 is 13.2 Å². The molecule has 6 nitrogen and oxygen atoms in total. The normalized spacial score (nSPS) is 16.3. The molecule has 0 saturated carbocycles. The van der Waals surface area contributed by atoms with Gasteiger partial charge >= 0.3 is 0 Å². The van der Waals surface area contributed by atoms with Gasteiger partial charge in [0.15, 0.2) is 0 Å². The van der Waals surface area contributed by atoms with Crippen molar-refractivity contribution in [3.8, 4) is 0 Å². The molecule has 1 aromatic carbocycles. The van der Waals surface area contributed by atoms with Crippen molar-refractivity contribution in [2.75, 3.05) is 24.5 Å². The summed E-state index contributed by atoms with van der Waals surface area (Å²) < 4.78 is 26.7. The number of amides is 1. The Labute approximate surface area is 156 Å². The third-order valence-electron chi connectivity index (χ3n) is 4.73. The monoisotopic (exact) mass is 389 g/mol. The summed E-state index contributed by atoms with van der Waals surface area (Å²) in [7, 11) is -3.48. The van der Waals surface area contributed by atoms with Crippen LogP contribution in [0.25, 0.3) is 0 Å². The van der Waals surface area contributed by atoms with E-state index in [1.165, 1.54) is 4.31 Å². The molecule has 0 fully saturated rings. The zero-order chi connectivity index (χ0) is 18.1. The van der Waals surface area contributed by atoms with Crippen LogP contribution < -0.4 is 10.6 Å². The third kappa shape index (κ3) is 4.16. The highest BCUT2D eigenvalue weighted by molar-refractivity contribution is 7.89. The molecule has 142 valence electrons. The van der Waals surface area contributed by atoms with Crippen LogP contribution in [0.15, 0.2) is 23.1 Å². The summed E-state index contributed by atoms with van der Waals surface area (Å²) in [5.74, 6) is -0.280. The predicted molar refractivity (Wildman–Crippen MR) is 103 cm³/mol. The van der Waals surface area contributed by atoms with E-state index in [1.807, 2.05) is 27.7 Å². The number of nitrogens with zero attached hydrogens (tertiary/aromatic N) is 2. The number of sulfonamides is 1. The Morgan fingerprint density at radius 3 is 2.40 bits per heavy atom. The van der Waals surface area contributed by atoms with Crippen molar-refractivity contribution in [1.29, 1.82) is 0 Å². The number of benzene rings is 1. The van der Waals surface area contributed by atoms with Crippen LogP contribution in [0.4, 0.5) is 5.69 Å². The second kappa shape index (κ2) is 8.49. The zero-order valence-corrected chi connectivity index (χ0v) is 16.9. The summed E-state index contributed by atoms with van der Waals surface area (Å²) in [5.41, 5.74) is 7.53. The lowest BCUT2D eigenvalue weighted by atomic mass is 10.0. The maximum absolute atomic E-state index is 12.6. The summed E-state index contributed by atoms with van der Waals surface area (Å²) in [5, 5.41) is 0. The molecule has 2 N–H and O–H groups in total. The molecule has 8 heteroatoms. The molecule has 25 heavy (non-hydrogen) atoms. The number of rotatable bonds is 6. The molecule has 0 radical (unpaired) electrons. The van der Waals surface area contributed by atoms with Crippen molar-refractivity contribution >= 4 is 34.0 Å². The summed E-state index contributed by atoms with van der Waals surface area (Å²) in [6, 6.07) is 4.82. The Morgan fingerprint density at radius 2 is 1.88 bits per heavy atom. The van der Waals surface area contributed by atoms with Gasteiger partial charge in [-0.25, -0.2) is 8.42 Å². The van der Waals surface area contributed by atoms with Crippen LogP contribution in [-0.4, -0.2) is 44.3 Å². The van der Waals surface area contributed by atoms with Gasteiger partial charge in [-0.15, -0.1) is 12.4 Å². The van der Waals surface area contributed by atoms with E-state index in [-0.39, 0.29) is 30.3 Å². The highest BCUT2D eigenvalue weighted by Gasteiger charge is 2.31. The molecule has 2 rings (SSSR count). The molecule has 1 aliphatic rings. The largest absolute Gasteiger partial charge is 0.327 e. The van der Waals surface area contributed by atoms with Crippen LogP contribution in [0.2, 0.25) is 0 Å². The standard InChI is InChI=1S/C17H27N3O3S.ClH/c1-5-19(6-2)24(22,23)15-7-8-16-14(11-15)9-10-20(16)17(21)12(3)13(4)18;/h7-8,11-13H,5-6,9-10,18H2,1-4H3;1H. The van der Waals surface area contributed by atoms with Crippen LogP contribution in [0.5, 0.6) is 0 Å². The molecule has 0 spiro atoms. The molecule has 1 aromatic rings. The molecule has 0 saturated heterocycles. The highest BCUT2D eigenvalue weighted by atomic mass is 35.5. The van der Waals surface area contributed by atoms with Crippen LogP contribution >= 0.6 is 12.4 Å². The van der Waals surface area contributed by atoms with Gasteiger partial charge in [0.25, 0.3) is 0 Å². The summed E-state index contributed by atoms with van der Waals surface area (Å²) in [4.78, 5) is 14.6. The fourth-order valence-electron chi connectivity index (χ4n) is 2.95. The van der Waals surface area contributed by atoms with Crippen molar-refractivity contribution in [2.24, 2.45) is 11.7 Å². The number of hydrogen-bond acceptors (Lipinski definition) is 4. The first-order chi connectivity index (χ1) is 11.2. The second-order valence-corrected chi connectivity index (χ2v) is 8.21. The molecule has 0 aliphatic carbocycles. The smallest absolute Gasteiger partial charge is 0.243 e. The van der Waals surface area contributed by atoms with E-state index in [4.69, 9.17) is 5.73 Å². The molecule has 2 unspecified atom stereocenters. The van der Waals surface area contributed by atoms with Gasteiger partial charge in [0, 0.05) is 31.4 Å². The zero-order valence-electron chi connectivity index (χ0n) is 15.2. The van der Waals surface area contributed by atoms with Gasteiger partial charge in [-0.05, 0) is 37.1 Å². The molecule has 2 atom stereocenters. The van der Waals surface area contributed by atoms with Gasteiger partial charge in [-0.3, -0.25) is 4.79 Å². The molecule has 1 aliphatic heterocycles. The third-order valence-corrected chi connectivity index (χ3v) is 6.78. The van der Waals surface area contributed by atoms with E-state index in [0.29, 0.717) is 31.0 Å². The summed E-state index contributed by atoms with van der Waals surface area (Å²) >= 11 is 0. The number of nitrogens with two attached hydrogens (primary N) is 1. The number of fused-ring (bicyclic) bond motifs is 1. The Kier molecular flexibility index (Phi) is 7.43. The average Bonchev–Trinajstić information content (AvgIpc) is 2.97. The molecular formula is C17H28ClN3O3S. The van der Waals surface area contributed by atoms with Crippen molar-refractivity contribution in [3.05, 3.63) is 23.8 Å². The molecule has 0 aromatic heterocycles. The van der Waals surface area contributed by atoms with Gasteiger partial charge in [-0.2, -0.15) is 4.31 Å². The minimum absolute atomic E-state index is 0. The van der Waals surface area contributed by atoms with Gasteiger partial charge < -0.3 is 10.6 Å². The van der Waals surface area contributed by atoms with E-state index < -0.39 is 10.0 Å². The highest BCUT2D eigenvalue weighted by Crippen LogP contribution is 2.32. The second-order valence-electron chi connectivity index (χ2n) is 6.27. The van der Waals surface area contributed by atoms with Gasteiger partial charge in [0.2, 0.25) is 15.9 Å². The first-order valence-corrected chi connectivity index (χ1v) is 9.88. The number of anilines is 1. The Morgan fingerprint density at radius 1 is 1.28 bits per heavy atom. The molecule has 0 bridgehead atoms. The minimum Gasteiger partial charge on any atom is -0.327 e. The van der Waals surface area contributed by atoms with E-state index >= 15 is 0 Å². The van der Waals surface area contributed by atoms with Crippen molar-refractivity contribution in [1.82, 2.24) is 4.31 Å². The van der Waals surface area contributed by atoms with Crippen molar-refractivity contribution in [3.63, 3.8) is 0 Å². The fourth-order valence-corrected chi connectivity index (χ4v) is 4.46. The first kappa shape index (κ1) is 21.9. The average molecular weight is 390 g/mol. The van der Waals surface area contributed by atoms with E-state index in [2.05, 4.69) is 0 Å². The van der Waals surface area contributed by atoms with Gasteiger partial charge in [-0.1, -0.05) is 20.8 Å². The van der Waals surface area contributed by atoms with Gasteiger partial charge in [0.1, 0.15) is 0 Å². The maximum atomic E-state index is 12.6. The summed E-state index contributed by atoms with van der Waals surface area (Å²) in [6.45, 7) is 8.73. The SMILES string of the molecule is CCN(CC)S(=O)(=O)c1ccc2c(c1)CCN2C(=O)C(C)C(C)N.Cl. The topological polar surface area (TPSA) is 83.7 Å². The fraction of sp³-hybridized carbons (Fsp3) is 0.588. The minimum atomic E-state index is -3.48. The Balaban J connectivity index is 0.00000312. The lowest BCUT2D eigenvalue weighted by molar-refractivity contribution is -0.122. The number of carbonyl (C=O) groups excluding carboxylic acids is 1.